The molecule has 0 aromatic carbocycles. The number of aliphatic hydroxyl groups excluding tert-OH is 1. The number of hydrogen-bond acceptors (Lipinski definition) is 1. The Kier molecular flexibility index (Phi) is 6.83. The van der Waals surface area contributed by atoms with Gasteiger partial charge < -0.3 is 5.11 Å². The Hall–Kier alpha value is -0.560. The summed E-state index contributed by atoms with van der Waals surface area (Å²) in [7, 11) is 0. The number of rotatable bonds is 6. The lowest BCUT2D eigenvalue weighted by molar-refractivity contribution is -0.0575. The molecule has 0 aromatic rings. The molecule has 1 N–H and O–H groups in total. The van der Waals surface area contributed by atoms with Crippen molar-refractivity contribution in [1.29, 1.82) is 0 Å². The van der Waals surface area contributed by atoms with Gasteiger partial charge in [0.2, 0.25) is 0 Å². The van der Waals surface area contributed by atoms with E-state index in [1.165, 1.54) is 57.8 Å². The molecule has 4 rings (SSSR count). The van der Waals surface area contributed by atoms with Gasteiger partial charge in [0.05, 0.1) is 6.10 Å². The van der Waals surface area contributed by atoms with Gasteiger partial charge in [-0.1, -0.05) is 64.8 Å². The zero-order valence-electron chi connectivity index (χ0n) is 22.3. The molecular weight excluding hydrogens is 388 g/mol. The average molecular weight is 441 g/mol. The van der Waals surface area contributed by atoms with E-state index in [9.17, 15) is 5.11 Å². The summed E-state index contributed by atoms with van der Waals surface area (Å²) >= 11 is 0. The Morgan fingerprint density at radius 2 is 1.91 bits per heavy atom. The van der Waals surface area contributed by atoms with Crippen LogP contribution in [0.4, 0.5) is 0 Å². The maximum absolute atomic E-state index is 10.3. The smallest absolute Gasteiger partial charge is 0.0577 e. The van der Waals surface area contributed by atoms with Crippen LogP contribution in [-0.4, -0.2) is 11.2 Å². The van der Waals surface area contributed by atoms with Crippen molar-refractivity contribution in [2.24, 2.45) is 45.8 Å². The van der Waals surface area contributed by atoms with Crippen LogP contribution < -0.4 is 0 Å². The highest BCUT2D eigenvalue weighted by Crippen LogP contribution is 2.67. The predicted octanol–water partition coefficient (Wildman–Crippen LogP) is 8.73. The monoisotopic (exact) mass is 440 g/mol. The summed E-state index contributed by atoms with van der Waals surface area (Å²) in [6.07, 6.45) is 19.0. The van der Waals surface area contributed by atoms with E-state index in [1.807, 2.05) is 0 Å². The fourth-order valence-corrected chi connectivity index (χ4v) is 9.64. The molecule has 1 nitrogen and oxygen atoms in total. The molecule has 4 aliphatic carbocycles. The fraction of sp³-hybridized carbons (Fsp3) is 0.871. The topological polar surface area (TPSA) is 20.2 Å². The van der Waals surface area contributed by atoms with Gasteiger partial charge in [-0.15, -0.1) is 0 Å². The van der Waals surface area contributed by atoms with Crippen LogP contribution in [0.3, 0.4) is 0 Å². The first-order valence-corrected chi connectivity index (χ1v) is 14.1. The van der Waals surface area contributed by atoms with Gasteiger partial charge in [-0.25, -0.2) is 0 Å². The third kappa shape index (κ3) is 3.97. The van der Waals surface area contributed by atoms with Crippen molar-refractivity contribution in [3.63, 3.8) is 0 Å². The second kappa shape index (κ2) is 8.90. The third-order valence-corrected chi connectivity index (χ3v) is 11.7. The van der Waals surface area contributed by atoms with Crippen LogP contribution in [0, 0.1) is 45.8 Å². The van der Waals surface area contributed by atoms with E-state index in [0.717, 1.165) is 42.4 Å². The highest BCUT2D eigenvalue weighted by molar-refractivity contribution is 5.25. The summed E-state index contributed by atoms with van der Waals surface area (Å²) in [5.74, 6) is 4.42. The Bertz CT molecular complexity index is 744. The second-order valence-corrected chi connectivity index (χ2v) is 13.5. The first kappa shape index (κ1) is 24.6. The second-order valence-electron chi connectivity index (χ2n) is 13.5. The van der Waals surface area contributed by atoms with E-state index in [2.05, 4.69) is 60.6 Å². The van der Waals surface area contributed by atoms with Gasteiger partial charge in [0.25, 0.3) is 0 Å². The molecule has 0 saturated heterocycles. The quantitative estimate of drug-likeness (QED) is 0.409. The van der Waals surface area contributed by atoms with Crippen molar-refractivity contribution in [3.8, 4) is 0 Å². The lowest BCUT2D eigenvalue weighted by Crippen LogP contribution is -2.50. The summed E-state index contributed by atoms with van der Waals surface area (Å²) in [6.45, 7) is 17.3. The molecular formula is C31H52O. The van der Waals surface area contributed by atoms with E-state index in [-0.39, 0.29) is 6.10 Å². The van der Waals surface area contributed by atoms with Crippen LogP contribution in [0.2, 0.25) is 0 Å². The Balaban J connectivity index is 1.47. The van der Waals surface area contributed by atoms with Crippen molar-refractivity contribution >= 4 is 0 Å². The molecule has 0 aliphatic heterocycles. The van der Waals surface area contributed by atoms with Crippen LogP contribution in [0.15, 0.2) is 23.3 Å². The van der Waals surface area contributed by atoms with Crippen LogP contribution in [0.5, 0.6) is 0 Å². The summed E-state index contributed by atoms with van der Waals surface area (Å²) < 4.78 is 0. The Morgan fingerprint density at radius 3 is 2.59 bits per heavy atom. The van der Waals surface area contributed by atoms with Gasteiger partial charge >= 0.3 is 0 Å². The Morgan fingerprint density at radius 1 is 1.16 bits per heavy atom. The zero-order chi connectivity index (χ0) is 23.3. The number of fused-ring (bicyclic) bond motifs is 5. The number of hydrogen-bond donors (Lipinski definition) is 1. The standard InChI is InChI=1S/C31H52O/c1-8-22(9-2)29(4,5)17-14-21(3)26-12-13-27-25-11-10-23-20-24(32)15-18-30(23,6)28(25)16-19-31(26,27)7/h8,10,21,24-28,32H,9,11-20H2,1-7H3/b22-8-/t21-,24?,25?,26?,27?,28?,30?,31?/m1/s1. The van der Waals surface area contributed by atoms with Crippen LogP contribution in [-0.2, 0) is 0 Å². The molecule has 8 atom stereocenters. The lowest BCUT2D eigenvalue weighted by atomic mass is 9.47. The van der Waals surface area contributed by atoms with Gasteiger partial charge in [-0.2, -0.15) is 0 Å². The molecule has 0 aromatic heterocycles. The maximum atomic E-state index is 10.3. The first-order valence-electron chi connectivity index (χ1n) is 14.1. The highest BCUT2D eigenvalue weighted by atomic mass is 16.3. The van der Waals surface area contributed by atoms with E-state index in [0.29, 0.717) is 16.2 Å². The summed E-state index contributed by atoms with van der Waals surface area (Å²) in [4.78, 5) is 0. The summed E-state index contributed by atoms with van der Waals surface area (Å²) in [6, 6.07) is 0. The third-order valence-electron chi connectivity index (χ3n) is 11.7. The minimum absolute atomic E-state index is 0.0866. The molecule has 4 aliphatic rings. The summed E-state index contributed by atoms with van der Waals surface area (Å²) in [5, 5.41) is 10.3. The van der Waals surface area contributed by atoms with Crippen molar-refractivity contribution < 1.29 is 5.11 Å². The van der Waals surface area contributed by atoms with Crippen molar-refractivity contribution in [2.75, 3.05) is 0 Å². The molecule has 0 spiro atoms. The molecule has 1 heteroatoms. The maximum Gasteiger partial charge on any atom is 0.0577 e. The number of allylic oxidation sites excluding steroid dienone is 3. The molecule has 0 radical (unpaired) electrons. The van der Waals surface area contributed by atoms with E-state index in [4.69, 9.17) is 0 Å². The van der Waals surface area contributed by atoms with Crippen molar-refractivity contribution in [1.82, 2.24) is 0 Å². The minimum Gasteiger partial charge on any atom is -0.393 e. The van der Waals surface area contributed by atoms with E-state index < -0.39 is 0 Å². The van der Waals surface area contributed by atoms with Gasteiger partial charge in [0.15, 0.2) is 0 Å². The average Bonchev–Trinajstić information content (AvgIpc) is 3.10. The summed E-state index contributed by atoms with van der Waals surface area (Å²) in [5.41, 5.74) is 4.52. The van der Waals surface area contributed by atoms with Crippen LogP contribution in [0.1, 0.15) is 119 Å². The molecule has 0 bridgehead atoms. The van der Waals surface area contributed by atoms with E-state index >= 15 is 0 Å². The molecule has 32 heavy (non-hydrogen) atoms. The fourth-order valence-electron chi connectivity index (χ4n) is 9.64. The largest absolute Gasteiger partial charge is 0.393 e. The molecule has 182 valence electrons. The number of aliphatic hydroxyl groups is 1. The first-order chi connectivity index (χ1) is 15.1. The zero-order valence-corrected chi connectivity index (χ0v) is 22.3. The van der Waals surface area contributed by atoms with Gasteiger partial charge in [0, 0.05) is 0 Å². The molecule has 7 unspecified atom stereocenters. The SMILES string of the molecule is C/C=C(/CC)C(C)(C)CC[C@@H](C)C1CCC2C3CC=C4CC(O)CCC4(C)C3CCC21C. The molecule has 3 saturated carbocycles. The highest BCUT2D eigenvalue weighted by Gasteiger charge is 2.59. The normalized spacial score (nSPS) is 43.2. The van der Waals surface area contributed by atoms with Gasteiger partial charge in [0.1, 0.15) is 0 Å². The minimum atomic E-state index is -0.0866. The van der Waals surface area contributed by atoms with Crippen molar-refractivity contribution in [2.45, 2.75) is 125 Å². The predicted molar refractivity (Wildman–Crippen MR) is 137 cm³/mol. The van der Waals surface area contributed by atoms with E-state index in [1.54, 1.807) is 11.1 Å². The van der Waals surface area contributed by atoms with Crippen LogP contribution >= 0.6 is 0 Å². The van der Waals surface area contributed by atoms with Gasteiger partial charge in [-0.05, 0) is 123 Å². The molecule has 3 fully saturated rings. The van der Waals surface area contributed by atoms with Crippen LogP contribution in [0.25, 0.3) is 0 Å². The lowest BCUT2D eigenvalue weighted by Gasteiger charge is -2.58. The Labute approximate surface area is 199 Å². The van der Waals surface area contributed by atoms with Gasteiger partial charge in [-0.3, -0.25) is 0 Å². The van der Waals surface area contributed by atoms with Crippen molar-refractivity contribution in [3.05, 3.63) is 23.3 Å². The molecule has 0 heterocycles. The molecule has 0 amide bonds.